The molecule has 2 aromatic carbocycles. The third-order valence-electron chi connectivity index (χ3n) is 5.23. The van der Waals surface area contributed by atoms with Crippen molar-refractivity contribution in [3.05, 3.63) is 59.7 Å². The fourth-order valence-corrected chi connectivity index (χ4v) is 3.58. The van der Waals surface area contributed by atoms with Crippen LogP contribution in [-0.2, 0) is 11.2 Å². The summed E-state index contributed by atoms with van der Waals surface area (Å²) in [4.78, 5) is 29.1. The van der Waals surface area contributed by atoms with Crippen LogP contribution in [0.4, 0.5) is 0 Å². The Balaban J connectivity index is 1.54. The van der Waals surface area contributed by atoms with Crippen LogP contribution in [0.1, 0.15) is 28.8 Å². The molecule has 0 aliphatic carbocycles. The lowest BCUT2D eigenvalue weighted by Gasteiger charge is -2.22. The molecule has 0 N–H and O–H groups in total. The van der Waals surface area contributed by atoms with Crippen LogP contribution in [0.15, 0.2) is 48.5 Å². The molecule has 1 fully saturated rings. The molecule has 0 atom stereocenters. The van der Waals surface area contributed by atoms with Gasteiger partial charge < -0.3 is 19.3 Å². The van der Waals surface area contributed by atoms with Gasteiger partial charge in [0, 0.05) is 38.2 Å². The van der Waals surface area contributed by atoms with Crippen LogP contribution in [0.25, 0.3) is 0 Å². The summed E-state index contributed by atoms with van der Waals surface area (Å²) in [5.41, 5.74) is 1.73. The number of carbonyl (C=O) groups is 2. The first-order valence-corrected chi connectivity index (χ1v) is 9.95. The molecule has 1 aliphatic rings. The van der Waals surface area contributed by atoms with E-state index in [-0.39, 0.29) is 11.8 Å². The number of hydrogen-bond acceptors (Lipinski definition) is 4. The molecule has 1 heterocycles. The maximum atomic E-state index is 12.7. The smallest absolute Gasteiger partial charge is 0.253 e. The molecule has 3 rings (SSSR count). The van der Waals surface area contributed by atoms with E-state index in [4.69, 9.17) is 9.47 Å². The Labute approximate surface area is 172 Å². The second kappa shape index (κ2) is 9.96. The lowest BCUT2D eigenvalue weighted by molar-refractivity contribution is -0.131. The fraction of sp³-hybridized carbons (Fsp3) is 0.391. The van der Waals surface area contributed by atoms with E-state index in [1.54, 1.807) is 14.2 Å². The van der Waals surface area contributed by atoms with Gasteiger partial charge in [-0.3, -0.25) is 9.59 Å². The van der Waals surface area contributed by atoms with Crippen LogP contribution in [0, 0.1) is 0 Å². The summed E-state index contributed by atoms with van der Waals surface area (Å²) in [6.07, 6.45) is 1.87. The largest absolute Gasteiger partial charge is 0.493 e. The third-order valence-corrected chi connectivity index (χ3v) is 5.23. The van der Waals surface area contributed by atoms with Crippen molar-refractivity contribution in [2.75, 3.05) is 40.4 Å². The first-order chi connectivity index (χ1) is 14.1. The van der Waals surface area contributed by atoms with Gasteiger partial charge in [0.2, 0.25) is 5.91 Å². The molecule has 6 heteroatoms. The summed E-state index contributed by atoms with van der Waals surface area (Å²) in [5.74, 6) is 1.50. The molecular weight excluding hydrogens is 368 g/mol. The van der Waals surface area contributed by atoms with E-state index < -0.39 is 0 Å². The molecule has 1 saturated heterocycles. The van der Waals surface area contributed by atoms with E-state index in [0.29, 0.717) is 56.1 Å². The van der Waals surface area contributed by atoms with Crippen LogP contribution in [0.2, 0.25) is 0 Å². The van der Waals surface area contributed by atoms with Gasteiger partial charge in [0.05, 0.1) is 14.2 Å². The molecular formula is C23H28N2O4. The number of aryl methyl sites for hydroxylation is 1. The average Bonchev–Trinajstić information content (AvgIpc) is 3.03. The van der Waals surface area contributed by atoms with Gasteiger partial charge in [-0.15, -0.1) is 0 Å². The van der Waals surface area contributed by atoms with Crippen molar-refractivity contribution in [2.45, 2.75) is 19.3 Å². The number of benzene rings is 2. The number of ether oxygens (including phenoxy) is 2. The Hall–Kier alpha value is -3.02. The summed E-state index contributed by atoms with van der Waals surface area (Å²) in [7, 11) is 3.21. The Kier molecular flexibility index (Phi) is 7.11. The van der Waals surface area contributed by atoms with Crippen LogP contribution >= 0.6 is 0 Å². The van der Waals surface area contributed by atoms with E-state index in [1.165, 1.54) is 0 Å². The minimum absolute atomic E-state index is 0.0326. The van der Waals surface area contributed by atoms with Crippen LogP contribution < -0.4 is 9.47 Å². The summed E-state index contributed by atoms with van der Waals surface area (Å²) in [6, 6.07) is 15.0. The number of rotatable bonds is 6. The molecule has 0 saturated carbocycles. The highest BCUT2D eigenvalue weighted by Crippen LogP contribution is 2.28. The van der Waals surface area contributed by atoms with Crippen molar-refractivity contribution < 1.29 is 19.1 Å². The molecule has 1 aliphatic heterocycles. The minimum atomic E-state index is 0.0326. The predicted octanol–water partition coefficient (Wildman–Crippen LogP) is 3.01. The summed E-state index contributed by atoms with van der Waals surface area (Å²) >= 11 is 0. The van der Waals surface area contributed by atoms with Crippen molar-refractivity contribution in [1.82, 2.24) is 9.80 Å². The van der Waals surface area contributed by atoms with Crippen LogP contribution in [0.5, 0.6) is 11.5 Å². The van der Waals surface area contributed by atoms with E-state index in [2.05, 4.69) is 0 Å². The average molecular weight is 396 g/mol. The number of nitrogens with zero attached hydrogens (tertiary/aromatic N) is 2. The van der Waals surface area contributed by atoms with Crippen LogP contribution in [0.3, 0.4) is 0 Å². The van der Waals surface area contributed by atoms with Gasteiger partial charge >= 0.3 is 0 Å². The second-order valence-electron chi connectivity index (χ2n) is 7.08. The second-order valence-corrected chi connectivity index (χ2v) is 7.08. The van der Waals surface area contributed by atoms with Crippen molar-refractivity contribution in [1.29, 1.82) is 0 Å². The zero-order valence-corrected chi connectivity index (χ0v) is 17.1. The Bertz CT molecular complexity index is 838. The van der Waals surface area contributed by atoms with E-state index in [9.17, 15) is 9.59 Å². The zero-order valence-electron chi connectivity index (χ0n) is 17.1. The third kappa shape index (κ3) is 5.28. The van der Waals surface area contributed by atoms with Gasteiger partial charge in [-0.05, 0) is 42.7 Å². The maximum absolute atomic E-state index is 12.7. The standard InChI is InChI=1S/C23H28N2O4/c1-28-20-11-9-18(17-21(20)29-2)10-12-22(26)24-13-6-14-25(16-15-24)23(27)19-7-4-3-5-8-19/h3-5,7-9,11,17H,6,10,12-16H2,1-2H3. The Morgan fingerprint density at radius 1 is 0.862 bits per heavy atom. The highest BCUT2D eigenvalue weighted by molar-refractivity contribution is 5.94. The van der Waals surface area contributed by atoms with E-state index in [1.807, 2.05) is 58.3 Å². The number of hydrogen-bond donors (Lipinski definition) is 0. The molecule has 0 spiro atoms. The van der Waals surface area contributed by atoms with Crippen LogP contribution in [-0.4, -0.2) is 62.0 Å². The normalized spacial score (nSPS) is 14.3. The molecule has 2 amide bonds. The zero-order chi connectivity index (χ0) is 20.6. The summed E-state index contributed by atoms with van der Waals surface area (Å²) in [6.45, 7) is 2.50. The van der Waals surface area contributed by atoms with Gasteiger partial charge in [-0.1, -0.05) is 24.3 Å². The fourth-order valence-electron chi connectivity index (χ4n) is 3.58. The minimum Gasteiger partial charge on any atom is -0.493 e. The van der Waals surface area contributed by atoms with Gasteiger partial charge in [0.25, 0.3) is 5.91 Å². The van der Waals surface area contributed by atoms with Gasteiger partial charge in [-0.25, -0.2) is 0 Å². The van der Waals surface area contributed by atoms with E-state index >= 15 is 0 Å². The number of amides is 2. The number of carbonyl (C=O) groups excluding carboxylic acids is 2. The predicted molar refractivity (Wildman–Crippen MR) is 111 cm³/mol. The highest BCUT2D eigenvalue weighted by Gasteiger charge is 2.22. The van der Waals surface area contributed by atoms with E-state index in [0.717, 1.165) is 12.0 Å². The maximum Gasteiger partial charge on any atom is 0.253 e. The Morgan fingerprint density at radius 2 is 1.55 bits per heavy atom. The van der Waals surface area contributed by atoms with Gasteiger partial charge in [0.1, 0.15) is 0 Å². The molecule has 0 radical (unpaired) electrons. The summed E-state index contributed by atoms with van der Waals surface area (Å²) < 4.78 is 10.6. The van der Waals surface area contributed by atoms with Crippen molar-refractivity contribution in [3.63, 3.8) is 0 Å². The molecule has 154 valence electrons. The monoisotopic (exact) mass is 396 g/mol. The van der Waals surface area contributed by atoms with Gasteiger partial charge in [-0.2, -0.15) is 0 Å². The molecule has 0 unspecified atom stereocenters. The molecule has 0 aromatic heterocycles. The first kappa shape index (κ1) is 20.7. The SMILES string of the molecule is COc1ccc(CCC(=O)N2CCCN(C(=O)c3ccccc3)CC2)cc1OC. The first-order valence-electron chi connectivity index (χ1n) is 9.95. The molecule has 6 nitrogen and oxygen atoms in total. The van der Waals surface area contributed by atoms with Crippen molar-refractivity contribution in [3.8, 4) is 11.5 Å². The highest BCUT2D eigenvalue weighted by atomic mass is 16.5. The van der Waals surface area contributed by atoms with Crippen molar-refractivity contribution >= 4 is 11.8 Å². The molecule has 29 heavy (non-hydrogen) atoms. The topological polar surface area (TPSA) is 59.1 Å². The van der Waals surface area contributed by atoms with Crippen molar-refractivity contribution in [2.24, 2.45) is 0 Å². The lowest BCUT2D eigenvalue weighted by Crippen LogP contribution is -2.37. The van der Waals surface area contributed by atoms with Gasteiger partial charge in [0.15, 0.2) is 11.5 Å². The number of methoxy groups -OCH3 is 2. The quantitative estimate of drug-likeness (QED) is 0.753. The molecule has 0 bridgehead atoms. The Morgan fingerprint density at radius 3 is 2.28 bits per heavy atom. The molecule has 2 aromatic rings. The lowest BCUT2D eigenvalue weighted by atomic mass is 10.1. The summed E-state index contributed by atoms with van der Waals surface area (Å²) in [5, 5.41) is 0.